The number of hydrogen-bond acceptors (Lipinski definition) is 6. The van der Waals surface area contributed by atoms with Crippen LogP contribution in [0.4, 0.5) is 5.69 Å². The molecule has 0 unspecified atom stereocenters. The molecule has 0 saturated heterocycles. The maximum absolute atomic E-state index is 12.6. The normalized spacial score (nSPS) is 19.3. The van der Waals surface area contributed by atoms with Crippen molar-refractivity contribution < 1.29 is 22.9 Å². The van der Waals surface area contributed by atoms with Crippen LogP contribution in [0.1, 0.15) is 35.2 Å². The number of esters is 1. The highest BCUT2D eigenvalue weighted by atomic mass is 32.2. The summed E-state index contributed by atoms with van der Waals surface area (Å²) in [4.78, 5) is 22.8. The molecule has 28 heavy (non-hydrogen) atoms. The number of aryl methyl sites for hydroxylation is 1. The summed E-state index contributed by atoms with van der Waals surface area (Å²) in [5, 5.41) is 10.9. The van der Waals surface area contributed by atoms with Crippen LogP contribution in [-0.2, 0) is 14.8 Å². The molecule has 0 aromatic heterocycles. The molecule has 9 heteroatoms. The van der Waals surface area contributed by atoms with Crippen LogP contribution in [0.2, 0.25) is 0 Å². The standard InChI is InChI=1S/C19H20N2O6S/c1-13-8-10-16(11-9-13)28(25,26)20-17-6-3-7-18(17)27-19(22)14-4-2-5-15(12-14)21(23)24/h2,4-5,8-12,17-18,20H,3,6-7H2,1H3/t17-,18-/m1/s1. The number of nitro benzene ring substituents is 1. The van der Waals surface area contributed by atoms with Crippen molar-refractivity contribution in [3.63, 3.8) is 0 Å². The molecule has 0 radical (unpaired) electrons. The molecule has 1 N–H and O–H groups in total. The number of nitro groups is 1. The molecule has 0 amide bonds. The fourth-order valence-electron chi connectivity index (χ4n) is 3.14. The summed E-state index contributed by atoms with van der Waals surface area (Å²) in [5.41, 5.74) is 0.794. The Morgan fingerprint density at radius 2 is 1.89 bits per heavy atom. The third-order valence-corrected chi connectivity index (χ3v) is 6.15. The summed E-state index contributed by atoms with van der Waals surface area (Å²) in [6, 6.07) is 11.2. The van der Waals surface area contributed by atoms with E-state index in [0.29, 0.717) is 19.3 Å². The Morgan fingerprint density at radius 3 is 2.57 bits per heavy atom. The number of carbonyl (C=O) groups is 1. The van der Waals surface area contributed by atoms with Gasteiger partial charge in [0.15, 0.2) is 0 Å². The Balaban J connectivity index is 1.71. The van der Waals surface area contributed by atoms with Crippen LogP contribution in [0.5, 0.6) is 0 Å². The summed E-state index contributed by atoms with van der Waals surface area (Å²) in [7, 11) is -3.74. The third-order valence-electron chi connectivity index (χ3n) is 4.64. The van der Waals surface area contributed by atoms with Gasteiger partial charge in [-0.2, -0.15) is 0 Å². The lowest BCUT2D eigenvalue weighted by Gasteiger charge is -2.21. The number of benzene rings is 2. The van der Waals surface area contributed by atoms with Crippen LogP contribution in [0, 0.1) is 17.0 Å². The highest BCUT2D eigenvalue weighted by molar-refractivity contribution is 7.89. The Hall–Kier alpha value is -2.78. The number of carbonyl (C=O) groups excluding carboxylic acids is 1. The van der Waals surface area contributed by atoms with Crippen molar-refractivity contribution in [3.8, 4) is 0 Å². The predicted molar refractivity (Wildman–Crippen MR) is 101 cm³/mol. The molecule has 0 heterocycles. The Kier molecular flexibility index (Phi) is 5.76. The fourth-order valence-corrected chi connectivity index (χ4v) is 4.44. The van der Waals surface area contributed by atoms with E-state index >= 15 is 0 Å². The monoisotopic (exact) mass is 404 g/mol. The molecule has 1 fully saturated rings. The number of nitrogens with zero attached hydrogens (tertiary/aromatic N) is 1. The largest absolute Gasteiger partial charge is 0.457 e. The Morgan fingerprint density at radius 1 is 1.18 bits per heavy atom. The minimum atomic E-state index is -3.74. The third kappa shape index (κ3) is 4.55. The van der Waals surface area contributed by atoms with E-state index < -0.39 is 33.1 Å². The molecule has 2 atom stereocenters. The number of ether oxygens (including phenoxy) is 1. The van der Waals surface area contributed by atoms with Gasteiger partial charge >= 0.3 is 5.97 Å². The van der Waals surface area contributed by atoms with Gasteiger partial charge in [0, 0.05) is 12.1 Å². The minimum absolute atomic E-state index is 0.0567. The van der Waals surface area contributed by atoms with E-state index in [0.717, 1.165) is 11.6 Å². The first-order chi connectivity index (χ1) is 13.3. The molecule has 1 aliphatic carbocycles. The predicted octanol–water partition coefficient (Wildman–Crippen LogP) is 2.96. The second kappa shape index (κ2) is 8.07. The van der Waals surface area contributed by atoms with Gasteiger partial charge in [-0.15, -0.1) is 0 Å². The summed E-state index contributed by atoms with van der Waals surface area (Å²) < 4.78 is 33.3. The highest BCUT2D eigenvalue weighted by Crippen LogP contribution is 2.26. The minimum Gasteiger partial charge on any atom is -0.457 e. The van der Waals surface area contributed by atoms with Gasteiger partial charge in [-0.25, -0.2) is 17.9 Å². The first-order valence-electron chi connectivity index (χ1n) is 8.81. The van der Waals surface area contributed by atoms with E-state index in [1.54, 1.807) is 12.1 Å². The van der Waals surface area contributed by atoms with Crippen molar-refractivity contribution in [1.29, 1.82) is 0 Å². The van der Waals surface area contributed by atoms with Crippen molar-refractivity contribution in [2.45, 2.75) is 43.2 Å². The number of nitrogens with one attached hydrogen (secondary N) is 1. The number of hydrogen-bond donors (Lipinski definition) is 1. The van der Waals surface area contributed by atoms with E-state index in [1.165, 1.54) is 30.3 Å². The molecule has 2 aromatic carbocycles. The topological polar surface area (TPSA) is 116 Å². The number of sulfonamides is 1. The second-order valence-electron chi connectivity index (χ2n) is 6.72. The molecular weight excluding hydrogens is 384 g/mol. The van der Waals surface area contributed by atoms with Crippen molar-refractivity contribution in [1.82, 2.24) is 4.72 Å². The van der Waals surface area contributed by atoms with E-state index in [2.05, 4.69) is 4.72 Å². The molecule has 8 nitrogen and oxygen atoms in total. The second-order valence-corrected chi connectivity index (χ2v) is 8.44. The Labute approximate surface area is 162 Å². The molecule has 1 aliphatic rings. The molecular formula is C19H20N2O6S. The van der Waals surface area contributed by atoms with Gasteiger partial charge in [0.1, 0.15) is 6.10 Å². The van der Waals surface area contributed by atoms with Crippen LogP contribution < -0.4 is 4.72 Å². The zero-order valence-corrected chi connectivity index (χ0v) is 16.0. The summed E-state index contributed by atoms with van der Waals surface area (Å²) in [6.45, 7) is 1.87. The van der Waals surface area contributed by atoms with Crippen molar-refractivity contribution in [2.24, 2.45) is 0 Å². The lowest BCUT2D eigenvalue weighted by Crippen LogP contribution is -2.41. The molecule has 148 valence electrons. The van der Waals surface area contributed by atoms with E-state index in [-0.39, 0.29) is 16.1 Å². The lowest BCUT2D eigenvalue weighted by atomic mass is 10.2. The first-order valence-corrected chi connectivity index (χ1v) is 10.3. The molecule has 1 saturated carbocycles. The van der Waals surface area contributed by atoms with Crippen LogP contribution in [0.3, 0.4) is 0 Å². The van der Waals surface area contributed by atoms with Gasteiger partial charge in [0.25, 0.3) is 5.69 Å². The average molecular weight is 404 g/mol. The van der Waals surface area contributed by atoms with Crippen LogP contribution in [0.25, 0.3) is 0 Å². The number of non-ortho nitro benzene ring substituents is 1. The summed E-state index contributed by atoms with van der Waals surface area (Å²) >= 11 is 0. The van der Waals surface area contributed by atoms with Gasteiger partial charge in [-0.05, 0) is 44.4 Å². The average Bonchev–Trinajstić information content (AvgIpc) is 3.08. The SMILES string of the molecule is Cc1ccc(S(=O)(=O)N[C@@H]2CCC[C@H]2OC(=O)c2cccc([N+](=O)[O-])c2)cc1. The van der Waals surface area contributed by atoms with Gasteiger partial charge in [-0.1, -0.05) is 23.8 Å². The Bertz CT molecular complexity index is 988. The number of rotatable bonds is 6. The molecule has 0 bridgehead atoms. The van der Waals surface area contributed by atoms with Crippen LogP contribution in [0.15, 0.2) is 53.4 Å². The summed E-state index contributed by atoms with van der Waals surface area (Å²) in [6.07, 6.45) is 1.13. The maximum Gasteiger partial charge on any atom is 0.338 e. The highest BCUT2D eigenvalue weighted by Gasteiger charge is 2.34. The molecule has 3 rings (SSSR count). The molecule has 0 aliphatic heterocycles. The van der Waals surface area contributed by atoms with E-state index in [4.69, 9.17) is 4.74 Å². The van der Waals surface area contributed by atoms with E-state index in [9.17, 15) is 23.3 Å². The van der Waals surface area contributed by atoms with Gasteiger partial charge in [-0.3, -0.25) is 10.1 Å². The van der Waals surface area contributed by atoms with Crippen molar-refractivity contribution >= 4 is 21.7 Å². The van der Waals surface area contributed by atoms with Crippen molar-refractivity contribution in [2.75, 3.05) is 0 Å². The van der Waals surface area contributed by atoms with Gasteiger partial charge in [0.2, 0.25) is 10.0 Å². The maximum atomic E-state index is 12.6. The molecule has 0 spiro atoms. The lowest BCUT2D eigenvalue weighted by molar-refractivity contribution is -0.384. The fraction of sp³-hybridized carbons (Fsp3) is 0.316. The van der Waals surface area contributed by atoms with Crippen LogP contribution >= 0.6 is 0 Å². The summed E-state index contributed by atoms with van der Waals surface area (Å²) in [5.74, 6) is -0.713. The first kappa shape index (κ1) is 20.0. The smallest absolute Gasteiger partial charge is 0.338 e. The van der Waals surface area contributed by atoms with E-state index in [1.807, 2.05) is 6.92 Å². The zero-order valence-electron chi connectivity index (χ0n) is 15.2. The molecule has 2 aromatic rings. The van der Waals surface area contributed by atoms with Gasteiger partial charge in [0.05, 0.1) is 21.4 Å². The van der Waals surface area contributed by atoms with Crippen LogP contribution in [-0.4, -0.2) is 31.5 Å². The van der Waals surface area contributed by atoms with Crippen molar-refractivity contribution in [3.05, 3.63) is 69.8 Å². The van der Waals surface area contributed by atoms with Gasteiger partial charge < -0.3 is 4.74 Å². The quantitative estimate of drug-likeness (QED) is 0.450. The zero-order chi connectivity index (χ0) is 20.3.